The molecule has 1 heterocycles. The Balaban J connectivity index is 1.78. The van der Waals surface area contributed by atoms with Crippen LogP contribution < -0.4 is 5.32 Å². The van der Waals surface area contributed by atoms with Gasteiger partial charge in [0, 0.05) is 10.0 Å². The van der Waals surface area contributed by atoms with Gasteiger partial charge < -0.3 is 5.32 Å². The van der Waals surface area contributed by atoms with Gasteiger partial charge in [0.15, 0.2) is 5.78 Å². The zero-order valence-corrected chi connectivity index (χ0v) is 14.6. The zero-order valence-electron chi connectivity index (χ0n) is 13.0. The Morgan fingerprint density at radius 1 is 1.30 bits per heavy atom. The molecule has 1 saturated heterocycles. The molecule has 2 aliphatic rings. The normalized spacial score (nSPS) is 27.4. The SMILES string of the molecule is C[C@H]1CCCC[C@]12NC(=O)N(CC(=O)c1ccc(Br)cc1)C2=O. The zero-order chi connectivity index (χ0) is 16.6. The summed E-state index contributed by atoms with van der Waals surface area (Å²) in [5.41, 5.74) is -0.318. The Hall–Kier alpha value is -1.69. The van der Waals surface area contributed by atoms with Crippen LogP contribution in [0.3, 0.4) is 0 Å². The fraction of sp³-hybridized carbons (Fsp3) is 0.471. The summed E-state index contributed by atoms with van der Waals surface area (Å²) in [6.07, 6.45) is 3.57. The number of hydrogen-bond acceptors (Lipinski definition) is 3. The van der Waals surface area contributed by atoms with Crippen molar-refractivity contribution in [2.45, 2.75) is 38.1 Å². The predicted molar refractivity (Wildman–Crippen MR) is 89.1 cm³/mol. The van der Waals surface area contributed by atoms with E-state index >= 15 is 0 Å². The molecule has 2 fully saturated rings. The second-order valence-electron chi connectivity index (χ2n) is 6.37. The fourth-order valence-electron chi connectivity index (χ4n) is 3.51. The minimum Gasteiger partial charge on any atom is -0.323 e. The van der Waals surface area contributed by atoms with E-state index in [0.717, 1.165) is 28.6 Å². The van der Waals surface area contributed by atoms with Gasteiger partial charge in [-0.2, -0.15) is 0 Å². The summed E-state index contributed by atoms with van der Waals surface area (Å²) in [6.45, 7) is 1.79. The van der Waals surface area contributed by atoms with Crippen molar-refractivity contribution in [1.29, 1.82) is 0 Å². The number of carbonyl (C=O) groups excluding carboxylic acids is 3. The summed E-state index contributed by atoms with van der Waals surface area (Å²) in [6, 6.07) is 6.45. The molecule has 1 spiro atoms. The van der Waals surface area contributed by atoms with Crippen LogP contribution in [0, 0.1) is 5.92 Å². The molecule has 23 heavy (non-hydrogen) atoms. The number of halogens is 1. The predicted octanol–water partition coefficient (Wildman–Crippen LogP) is 3.13. The van der Waals surface area contributed by atoms with E-state index in [9.17, 15) is 14.4 Å². The van der Waals surface area contributed by atoms with Gasteiger partial charge in [-0.25, -0.2) is 4.79 Å². The first-order chi connectivity index (χ1) is 10.9. The number of nitrogens with zero attached hydrogens (tertiary/aromatic N) is 1. The van der Waals surface area contributed by atoms with Crippen molar-refractivity contribution in [2.75, 3.05) is 6.54 Å². The first-order valence-electron chi connectivity index (χ1n) is 7.87. The minimum absolute atomic E-state index is 0.0977. The van der Waals surface area contributed by atoms with Gasteiger partial charge in [0.1, 0.15) is 5.54 Å². The lowest BCUT2D eigenvalue weighted by Gasteiger charge is -2.36. The second kappa shape index (κ2) is 6.07. The number of urea groups is 1. The number of rotatable bonds is 3. The quantitative estimate of drug-likeness (QED) is 0.648. The molecule has 122 valence electrons. The van der Waals surface area contributed by atoms with Crippen molar-refractivity contribution >= 4 is 33.7 Å². The molecule has 1 saturated carbocycles. The van der Waals surface area contributed by atoms with E-state index in [1.807, 2.05) is 6.92 Å². The van der Waals surface area contributed by atoms with Gasteiger partial charge in [0.25, 0.3) is 5.91 Å². The van der Waals surface area contributed by atoms with Gasteiger partial charge in [-0.1, -0.05) is 47.8 Å². The van der Waals surface area contributed by atoms with Crippen LogP contribution in [0.25, 0.3) is 0 Å². The molecular formula is C17H19BrN2O3. The minimum atomic E-state index is -0.810. The molecule has 1 N–H and O–H groups in total. The van der Waals surface area contributed by atoms with E-state index in [1.165, 1.54) is 0 Å². The maximum absolute atomic E-state index is 12.8. The fourth-order valence-corrected chi connectivity index (χ4v) is 3.77. The Kier molecular flexibility index (Phi) is 4.27. The van der Waals surface area contributed by atoms with Crippen LogP contribution in [-0.2, 0) is 4.79 Å². The molecule has 3 amide bonds. The van der Waals surface area contributed by atoms with Gasteiger partial charge in [-0.3, -0.25) is 14.5 Å². The highest BCUT2D eigenvalue weighted by atomic mass is 79.9. The average molecular weight is 379 g/mol. The molecule has 6 heteroatoms. The van der Waals surface area contributed by atoms with E-state index in [0.29, 0.717) is 12.0 Å². The molecule has 0 unspecified atom stereocenters. The van der Waals surface area contributed by atoms with E-state index in [-0.39, 0.29) is 24.2 Å². The van der Waals surface area contributed by atoms with Gasteiger partial charge in [-0.05, 0) is 30.9 Å². The van der Waals surface area contributed by atoms with Crippen LogP contribution in [0.2, 0.25) is 0 Å². The number of nitrogens with one attached hydrogen (secondary N) is 1. The molecule has 1 aromatic carbocycles. The molecule has 0 radical (unpaired) electrons. The molecule has 0 aromatic heterocycles. The number of ketones is 1. The number of imide groups is 1. The van der Waals surface area contributed by atoms with E-state index in [1.54, 1.807) is 24.3 Å². The maximum atomic E-state index is 12.8. The third-order valence-electron chi connectivity index (χ3n) is 4.97. The maximum Gasteiger partial charge on any atom is 0.325 e. The van der Waals surface area contributed by atoms with Gasteiger partial charge >= 0.3 is 6.03 Å². The third-order valence-corrected chi connectivity index (χ3v) is 5.50. The molecule has 3 rings (SSSR count). The summed E-state index contributed by atoms with van der Waals surface area (Å²) in [5.74, 6) is -0.387. The largest absolute Gasteiger partial charge is 0.325 e. The summed E-state index contributed by atoms with van der Waals surface area (Å²) >= 11 is 3.32. The summed E-state index contributed by atoms with van der Waals surface area (Å²) in [5, 5.41) is 2.86. The Morgan fingerprint density at radius 2 is 2.00 bits per heavy atom. The van der Waals surface area contributed by atoms with Crippen LogP contribution in [0.4, 0.5) is 4.79 Å². The summed E-state index contributed by atoms with van der Waals surface area (Å²) in [4.78, 5) is 38.5. The van der Waals surface area contributed by atoms with E-state index < -0.39 is 11.6 Å². The number of hydrogen-bond donors (Lipinski definition) is 1. The van der Waals surface area contributed by atoms with Crippen LogP contribution in [0.5, 0.6) is 0 Å². The highest BCUT2D eigenvalue weighted by Crippen LogP contribution is 2.38. The highest BCUT2D eigenvalue weighted by molar-refractivity contribution is 9.10. The Morgan fingerprint density at radius 3 is 2.65 bits per heavy atom. The number of Topliss-reactive ketones (excluding diaryl/α,β-unsaturated/α-hetero) is 1. The lowest BCUT2D eigenvalue weighted by molar-refractivity contribution is -0.133. The standard InChI is InChI=1S/C17H19BrN2O3/c1-11-4-2-3-9-17(11)15(22)20(16(23)19-17)10-14(21)12-5-7-13(18)8-6-12/h5-8,11H,2-4,9-10H2,1H3,(H,19,23)/t11-,17-/m0/s1. The van der Waals surface area contributed by atoms with E-state index in [4.69, 9.17) is 0 Å². The van der Waals surface area contributed by atoms with Crippen molar-refractivity contribution < 1.29 is 14.4 Å². The van der Waals surface area contributed by atoms with Crippen LogP contribution in [0.15, 0.2) is 28.7 Å². The van der Waals surface area contributed by atoms with Crippen molar-refractivity contribution in [3.8, 4) is 0 Å². The highest BCUT2D eigenvalue weighted by Gasteiger charge is 2.55. The second-order valence-corrected chi connectivity index (χ2v) is 7.29. The number of benzene rings is 1. The molecule has 2 atom stereocenters. The number of carbonyl (C=O) groups is 3. The smallest absolute Gasteiger partial charge is 0.323 e. The topological polar surface area (TPSA) is 66.5 Å². The third kappa shape index (κ3) is 2.80. The van der Waals surface area contributed by atoms with Crippen molar-refractivity contribution in [2.24, 2.45) is 5.92 Å². The van der Waals surface area contributed by atoms with Gasteiger partial charge in [0.2, 0.25) is 0 Å². The molecule has 5 nitrogen and oxygen atoms in total. The average Bonchev–Trinajstić information content (AvgIpc) is 2.76. The molecule has 1 aromatic rings. The van der Waals surface area contributed by atoms with Crippen LogP contribution in [0.1, 0.15) is 43.0 Å². The van der Waals surface area contributed by atoms with Crippen molar-refractivity contribution in [3.63, 3.8) is 0 Å². The molecule has 0 bridgehead atoms. The first kappa shape index (κ1) is 16.2. The monoisotopic (exact) mass is 378 g/mol. The van der Waals surface area contributed by atoms with Crippen LogP contribution in [-0.4, -0.2) is 34.7 Å². The summed E-state index contributed by atoms with van der Waals surface area (Å²) < 4.78 is 0.874. The van der Waals surface area contributed by atoms with Crippen LogP contribution >= 0.6 is 15.9 Å². The molecular weight excluding hydrogens is 360 g/mol. The lowest BCUT2D eigenvalue weighted by atomic mass is 9.73. The molecule has 1 aliphatic carbocycles. The van der Waals surface area contributed by atoms with E-state index in [2.05, 4.69) is 21.2 Å². The van der Waals surface area contributed by atoms with Gasteiger partial charge in [-0.15, -0.1) is 0 Å². The first-order valence-corrected chi connectivity index (χ1v) is 8.66. The Bertz CT molecular complexity index is 658. The van der Waals surface area contributed by atoms with Gasteiger partial charge in [0.05, 0.1) is 6.54 Å². The number of amides is 3. The van der Waals surface area contributed by atoms with Crippen molar-refractivity contribution in [1.82, 2.24) is 10.2 Å². The van der Waals surface area contributed by atoms with Crippen molar-refractivity contribution in [3.05, 3.63) is 34.3 Å². The Labute approximate surface area is 143 Å². The summed E-state index contributed by atoms with van der Waals surface area (Å²) in [7, 11) is 0. The molecule has 1 aliphatic heterocycles. The lowest BCUT2D eigenvalue weighted by Crippen LogP contribution is -2.54.